The Morgan fingerprint density at radius 2 is 1.86 bits per heavy atom. The summed E-state index contributed by atoms with van der Waals surface area (Å²) in [5, 5.41) is 4.07. The van der Waals surface area contributed by atoms with Crippen LogP contribution in [0, 0.1) is 0 Å². The summed E-state index contributed by atoms with van der Waals surface area (Å²) in [7, 11) is 0. The van der Waals surface area contributed by atoms with E-state index < -0.39 is 6.36 Å². The molecule has 9 nitrogen and oxygen atoms in total. The lowest BCUT2D eigenvalue weighted by atomic mass is 10.2. The fraction of sp³-hybridized carbons (Fsp3) is 0.261. The summed E-state index contributed by atoms with van der Waals surface area (Å²) in [6, 6.07) is 5.44. The van der Waals surface area contributed by atoms with Gasteiger partial charge in [0, 0.05) is 12.6 Å². The van der Waals surface area contributed by atoms with Gasteiger partial charge in [0.15, 0.2) is 0 Å². The lowest BCUT2D eigenvalue weighted by Crippen LogP contribution is -2.16. The lowest BCUT2D eigenvalue weighted by Gasteiger charge is -2.08. The van der Waals surface area contributed by atoms with Crippen LogP contribution in [0.25, 0.3) is 12.2 Å². The van der Waals surface area contributed by atoms with E-state index in [2.05, 4.69) is 29.8 Å². The van der Waals surface area contributed by atoms with E-state index in [0.29, 0.717) is 23.0 Å². The number of alkyl halides is 3. The minimum Gasteiger partial charge on any atom is -0.470 e. The second-order valence-electron chi connectivity index (χ2n) is 7.38. The van der Waals surface area contributed by atoms with E-state index in [4.69, 9.17) is 9.15 Å². The topological polar surface area (TPSA) is 101 Å². The van der Waals surface area contributed by atoms with Crippen LogP contribution in [-0.4, -0.2) is 36.1 Å². The summed E-state index contributed by atoms with van der Waals surface area (Å²) in [5.41, 5.74) is 2.09. The number of hydrogen-bond donors (Lipinski definition) is 0. The molecule has 0 bridgehead atoms. The Hall–Kier alpha value is -4.22. The Morgan fingerprint density at radius 1 is 1.00 bits per heavy atom. The highest BCUT2D eigenvalue weighted by Gasteiger charge is 2.30. The van der Waals surface area contributed by atoms with Gasteiger partial charge in [-0.05, 0) is 43.0 Å². The Labute approximate surface area is 198 Å². The van der Waals surface area contributed by atoms with Gasteiger partial charge in [0.2, 0.25) is 11.8 Å². The summed E-state index contributed by atoms with van der Waals surface area (Å²) in [5.74, 6) is 0.411. The van der Waals surface area contributed by atoms with Crippen LogP contribution in [0.15, 0.2) is 60.0 Å². The quantitative estimate of drug-likeness (QED) is 0.281. The molecule has 4 rings (SSSR count). The molecule has 0 saturated carbocycles. The summed E-state index contributed by atoms with van der Waals surface area (Å²) in [4.78, 5) is 16.8. The first-order valence-electron chi connectivity index (χ1n) is 10.7. The van der Waals surface area contributed by atoms with E-state index >= 15 is 0 Å². The van der Waals surface area contributed by atoms with Crippen molar-refractivity contribution in [2.24, 2.45) is 0 Å². The van der Waals surface area contributed by atoms with Crippen molar-refractivity contribution in [1.29, 1.82) is 0 Å². The van der Waals surface area contributed by atoms with Gasteiger partial charge >= 0.3 is 6.36 Å². The smallest absolute Gasteiger partial charge is 0.470 e. The molecule has 0 unspecified atom stereocenters. The Balaban J connectivity index is 1.20. The average Bonchev–Trinajstić information content (AvgIpc) is 3.52. The molecular formula is C23H21F3N6O3. The van der Waals surface area contributed by atoms with Crippen LogP contribution in [0.3, 0.4) is 0 Å². The normalized spacial score (nSPS) is 11.7. The molecule has 0 N–H and O–H groups in total. The predicted molar refractivity (Wildman–Crippen MR) is 118 cm³/mol. The highest BCUT2D eigenvalue weighted by Crippen LogP contribution is 2.23. The molecule has 0 spiro atoms. The van der Waals surface area contributed by atoms with Crippen LogP contribution in [-0.2, 0) is 19.6 Å². The molecule has 0 saturated heterocycles. The number of rotatable bonds is 11. The van der Waals surface area contributed by atoms with E-state index in [0.717, 1.165) is 31.5 Å². The molecule has 3 heterocycles. The first-order chi connectivity index (χ1) is 16.9. The molecule has 0 radical (unpaired) electrons. The number of nitrogens with zero attached hydrogens (tertiary/aromatic N) is 6. The van der Waals surface area contributed by atoms with Crippen LogP contribution < -0.4 is 9.47 Å². The zero-order chi connectivity index (χ0) is 24.5. The van der Waals surface area contributed by atoms with Gasteiger partial charge in [0.25, 0.3) is 0 Å². The van der Waals surface area contributed by atoms with Crippen molar-refractivity contribution in [1.82, 2.24) is 29.7 Å². The van der Waals surface area contributed by atoms with Crippen molar-refractivity contribution in [2.75, 3.05) is 0 Å². The van der Waals surface area contributed by atoms with Crippen molar-refractivity contribution < 1.29 is 27.1 Å². The molecule has 182 valence electrons. The SMILES string of the molecule is FC(F)(F)Oc1ccc(C=Cc2nc(COc3cnc(CCCCn4cncn4)cn3)co2)cc1. The van der Waals surface area contributed by atoms with E-state index in [9.17, 15) is 13.2 Å². The molecule has 12 heteroatoms. The number of halogens is 3. The molecule has 0 aliphatic carbocycles. The van der Waals surface area contributed by atoms with Crippen molar-refractivity contribution in [3.63, 3.8) is 0 Å². The predicted octanol–water partition coefficient (Wildman–Crippen LogP) is 4.73. The van der Waals surface area contributed by atoms with Gasteiger partial charge < -0.3 is 13.9 Å². The van der Waals surface area contributed by atoms with Crippen LogP contribution in [0.5, 0.6) is 11.6 Å². The highest BCUT2D eigenvalue weighted by molar-refractivity contribution is 5.66. The minimum absolute atomic E-state index is 0.146. The van der Waals surface area contributed by atoms with Gasteiger partial charge in [-0.2, -0.15) is 5.10 Å². The maximum Gasteiger partial charge on any atom is 0.573 e. The second kappa shape index (κ2) is 11.3. The van der Waals surface area contributed by atoms with Gasteiger partial charge in [-0.3, -0.25) is 9.67 Å². The van der Waals surface area contributed by atoms with Crippen LogP contribution in [0.2, 0.25) is 0 Å². The van der Waals surface area contributed by atoms with Crippen molar-refractivity contribution in [3.8, 4) is 11.6 Å². The monoisotopic (exact) mass is 486 g/mol. The summed E-state index contributed by atoms with van der Waals surface area (Å²) in [6.45, 7) is 0.958. The third-order valence-electron chi connectivity index (χ3n) is 4.69. The highest BCUT2D eigenvalue weighted by atomic mass is 19.4. The number of oxazole rings is 1. The summed E-state index contributed by atoms with van der Waals surface area (Å²) in [6.07, 6.45) is 9.18. The van der Waals surface area contributed by atoms with Gasteiger partial charge in [0.05, 0.1) is 18.1 Å². The number of ether oxygens (including phenoxy) is 2. The first-order valence-corrected chi connectivity index (χ1v) is 10.7. The van der Waals surface area contributed by atoms with E-state index in [1.54, 1.807) is 35.6 Å². The zero-order valence-electron chi connectivity index (χ0n) is 18.4. The average molecular weight is 486 g/mol. The molecule has 0 amide bonds. The number of hydrogen-bond acceptors (Lipinski definition) is 8. The van der Waals surface area contributed by atoms with Crippen LogP contribution >= 0.6 is 0 Å². The summed E-state index contributed by atoms with van der Waals surface area (Å²) >= 11 is 0. The standard InChI is InChI=1S/C23H21F3N6O3/c24-23(25,26)35-20-7-4-17(5-8-20)6-9-21-31-19(13-33-21)14-34-22-12-28-18(11-29-22)3-1-2-10-32-16-27-15-30-32/h4-9,11-13,15-16H,1-3,10,14H2. The molecule has 4 aromatic rings. The van der Waals surface area contributed by atoms with Gasteiger partial charge in [-0.25, -0.2) is 15.0 Å². The molecular weight excluding hydrogens is 465 g/mol. The van der Waals surface area contributed by atoms with Crippen molar-refractivity contribution >= 4 is 12.2 Å². The molecule has 0 atom stereocenters. The van der Waals surface area contributed by atoms with E-state index in [1.807, 2.05) is 0 Å². The second-order valence-corrected chi connectivity index (χ2v) is 7.38. The third kappa shape index (κ3) is 7.95. The maximum atomic E-state index is 12.2. The first kappa shape index (κ1) is 23.9. The lowest BCUT2D eigenvalue weighted by molar-refractivity contribution is -0.274. The van der Waals surface area contributed by atoms with Gasteiger partial charge in [-0.1, -0.05) is 12.1 Å². The van der Waals surface area contributed by atoms with Crippen molar-refractivity contribution in [2.45, 2.75) is 38.8 Å². The molecule has 0 fully saturated rings. The Morgan fingerprint density at radius 3 is 2.57 bits per heavy atom. The molecule has 35 heavy (non-hydrogen) atoms. The van der Waals surface area contributed by atoms with Gasteiger partial charge in [0.1, 0.15) is 37.0 Å². The molecule has 3 aromatic heterocycles. The summed E-state index contributed by atoms with van der Waals surface area (Å²) < 4.78 is 53.3. The molecule has 0 aliphatic heterocycles. The third-order valence-corrected chi connectivity index (χ3v) is 4.69. The molecule has 1 aromatic carbocycles. The fourth-order valence-corrected chi connectivity index (χ4v) is 3.04. The number of aryl methyl sites for hydroxylation is 2. The Kier molecular flexibility index (Phi) is 7.70. The van der Waals surface area contributed by atoms with Crippen molar-refractivity contribution in [3.05, 3.63) is 78.4 Å². The fourth-order valence-electron chi connectivity index (χ4n) is 3.04. The zero-order valence-corrected chi connectivity index (χ0v) is 18.4. The largest absolute Gasteiger partial charge is 0.573 e. The number of aromatic nitrogens is 6. The minimum atomic E-state index is -4.72. The van der Waals surface area contributed by atoms with Crippen LogP contribution in [0.1, 0.15) is 35.7 Å². The van der Waals surface area contributed by atoms with Gasteiger partial charge in [-0.15, -0.1) is 13.2 Å². The molecule has 0 aliphatic rings. The van der Waals surface area contributed by atoms with E-state index in [1.165, 1.54) is 36.9 Å². The maximum absolute atomic E-state index is 12.2. The number of unbranched alkanes of at least 4 members (excludes halogenated alkanes) is 1. The number of benzene rings is 1. The Bertz CT molecular complexity index is 1210. The van der Waals surface area contributed by atoms with Crippen LogP contribution in [0.4, 0.5) is 13.2 Å². The van der Waals surface area contributed by atoms with E-state index in [-0.39, 0.29) is 12.4 Å².